The molecule has 0 aliphatic heterocycles. The molecule has 0 radical (unpaired) electrons. The quantitative estimate of drug-likeness (QED) is 0.672. The molecule has 0 atom stereocenters. The maximum atomic E-state index is 8.95. The van der Waals surface area contributed by atoms with E-state index in [1.165, 1.54) is 12.1 Å². The van der Waals surface area contributed by atoms with Gasteiger partial charge in [0, 0.05) is 7.11 Å². The van der Waals surface area contributed by atoms with Crippen LogP contribution in [-0.4, -0.2) is 17.3 Å². The standard InChI is InChI=1S/C6H3Cl3O.CH4O/c7-3-1-2-4(10)6(9)5(3)8;1-2/h1-2,10H;2H,1H3. The molecule has 0 saturated carbocycles. The number of rotatable bonds is 0. The van der Waals surface area contributed by atoms with Crippen LogP contribution < -0.4 is 0 Å². The van der Waals surface area contributed by atoms with Crippen LogP contribution in [0.3, 0.4) is 0 Å². The van der Waals surface area contributed by atoms with Crippen LogP contribution in [-0.2, 0) is 0 Å². The number of hydrogen-bond acceptors (Lipinski definition) is 2. The summed E-state index contributed by atoms with van der Waals surface area (Å²) in [6.45, 7) is 0. The predicted octanol–water partition coefficient (Wildman–Crippen LogP) is 2.96. The second kappa shape index (κ2) is 5.49. The zero-order valence-corrected chi connectivity index (χ0v) is 8.45. The van der Waals surface area contributed by atoms with Crippen molar-refractivity contribution in [2.24, 2.45) is 0 Å². The molecule has 0 spiro atoms. The van der Waals surface area contributed by atoms with Crippen molar-refractivity contribution in [1.29, 1.82) is 0 Å². The summed E-state index contributed by atoms with van der Waals surface area (Å²) in [7, 11) is 1.00. The first-order valence-electron chi connectivity index (χ1n) is 2.90. The Balaban J connectivity index is 0.000000561. The second-order valence-corrected chi connectivity index (χ2v) is 2.86. The number of halogens is 3. The average Bonchev–Trinajstić information content (AvgIpc) is 2.12. The van der Waals surface area contributed by atoms with Crippen LogP contribution in [0.25, 0.3) is 0 Å². The van der Waals surface area contributed by atoms with Crippen LogP contribution in [0, 0.1) is 0 Å². The van der Waals surface area contributed by atoms with E-state index in [4.69, 9.17) is 45.0 Å². The van der Waals surface area contributed by atoms with E-state index >= 15 is 0 Å². The Hall–Kier alpha value is -0.150. The zero-order valence-electron chi connectivity index (χ0n) is 6.18. The number of aromatic hydroxyl groups is 1. The zero-order chi connectivity index (χ0) is 9.72. The Morgan fingerprint density at radius 1 is 1.00 bits per heavy atom. The van der Waals surface area contributed by atoms with Gasteiger partial charge in [-0.05, 0) is 12.1 Å². The molecule has 0 heterocycles. The molecule has 0 bridgehead atoms. The SMILES string of the molecule is CO.Oc1ccc(Cl)c(Cl)c1Cl. The van der Waals surface area contributed by atoms with E-state index in [1.807, 2.05) is 0 Å². The maximum absolute atomic E-state index is 8.95. The van der Waals surface area contributed by atoms with Crippen molar-refractivity contribution >= 4 is 34.8 Å². The van der Waals surface area contributed by atoms with Crippen molar-refractivity contribution in [3.8, 4) is 5.75 Å². The van der Waals surface area contributed by atoms with Gasteiger partial charge in [-0.3, -0.25) is 0 Å². The van der Waals surface area contributed by atoms with Gasteiger partial charge >= 0.3 is 0 Å². The molecule has 0 saturated heterocycles. The van der Waals surface area contributed by atoms with E-state index in [-0.39, 0.29) is 15.8 Å². The van der Waals surface area contributed by atoms with Gasteiger partial charge in [-0.25, -0.2) is 0 Å². The molecule has 12 heavy (non-hydrogen) atoms. The molecule has 0 fully saturated rings. The first-order chi connectivity index (χ1) is 5.63. The lowest BCUT2D eigenvalue weighted by atomic mass is 10.3. The lowest BCUT2D eigenvalue weighted by Gasteiger charge is -1.99. The summed E-state index contributed by atoms with van der Waals surface area (Å²) in [5, 5.41) is 16.6. The molecule has 1 rings (SSSR count). The summed E-state index contributed by atoms with van der Waals surface area (Å²) >= 11 is 16.6. The van der Waals surface area contributed by atoms with Gasteiger partial charge in [0.05, 0.1) is 10.0 Å². The van der Waals surface area contributed by atoms with Crippen molar-refractivity contribution in [3.05, 3.63) is 27.2 Å². The molecule has 0 unspecified atom stereocenters. The number of aliphatic hydroxyl groups excluding tert-OH is 1. The molecule has 2 nitrogen and oxygen atoms in total. The summed E-state index contributed by atoms with van der Waals surface area (Å²) < 4.78 is 0. The second-order valence-electron chi connectivity index (χ2n) is 1.69. The third-order valence-corrected chi connectivity index (χ3v) is 2.30. The topological polar surface area (TPSA) is 40.5 Å². The lowest BCUT2D eigenvalue weighted by Crippen LogP contribution is -1.71. The van der Waals surface area contributed by atoms with Crippen LogP contribution in [0.2, 0.25) is 15.1 Å². The third-order valence-electron chi connectivity index (χ3n) is 1.01. The molecule has 0 aliphatic rings. The van der Waals surface area contributed by atoms with Gasteiger partial charge in [-0.15, -0.1) is 0 Å². The van der Waals surface area contributed by atoms with Crippen LogP contribution in [0.5, 0.6) is 5.75 Å². The summed E-state index contributed by atoms with van der Waals surface area (Å²) in [5.74, 6) is -0.0592. The Kier molecular flexibility index (Phi) is 5.42. The first kappa shape index (κ1) is 11.8. The molecule has 1 aromatic carbocycles. The van der Waals surface area contributed by atoms with Gasteiger partial charge in [0.2, 0.25) is 0 Å². The highest BCUT2D eigenvalue weighted by atomic mass is 35.5. The average molecular weight is 229 g/mol. The number of phenols is 1. The number of phenolic OH excluding ortho intramolecular Hbond substituents is 1. The molecular weight excluding hydrogens is 222 g/mol. The van der Waals surface area contributed by atoms with Gasteiger partial charge in [0.25, 0.3) is 0 Å². The highest BCUT2D eigenvalue weighted by Crippen LogP contribution is 2.35. The van der Waals surface area contributed by atoms with E-state index in [0.717, 1.165) is 7.11 Å². The number of aliphatic hydroxyl groups is 1. The summed E-state index contributed by atoms with van der Waals surface area (Å²) in [4.78, 5) is 0. The van der Waals surface area contributed by atoms with Gasteiger partial charge < -0.3 is 10.2 Å². The minimum atomic E-state index is -0.0592. The summed E-state index contributed by atoms with van der Waals surface area (Å²) in [6.07, 6.45) is 0. The molecular formula is C7H7Cl3O2. The van der Waals surface area contributed by atoms with Crippen LogP contribution in [0.15, 0.2) is 12.1 Å². The van der Waals surface area contributed by atoms with Crippen molar-refractivity contribution in [2.75, 3.05) is 7.11 Å². The highest BCUT2D eigenvalue weighted by molar-refractivity contribution is 6.48. The molecule has 0 aromatic heterocycles. The van der Waals surface area contributed by atoms with E-state index in [1.54, 1.807) is 0 Å². The molecule has 0 amide bonds. The Morgan fingerprint density at radius 2 is 1.50 bits per heavy atom. The molecule has 1 aromatic rings. The minimum absolute atomic E-state index is 0.0592. The van der Waals surface area contributed by atoms with E-state index in [9.17, 15) is 0 Å². The minimum Gasteiger partial charge on any atom is -0.506 e. The largest absolute Gasteiger partial charge is 0.506 e. The first-order valence-corrected chi connectivity index (χ1v) is 4.03. The van der Waals surface area contributed by atoms with E-state index < -0.39 is 0 Å². The van der Waals surface area contributed by atoms with Gasteiger partial charge in [0.15, 0.2) is 0 Å². The fraction of sp³-hybridized carbons (Fsp3) is 0.143. The van der Waals surface area contributed by atoms with E-state index in [2.05, 4.69) is 0 Å². The van der Waals surface area contributed by atoms with Crippen LogP contribution in [0.4, 0.5) is 0 Å². The van der Waals surface area contributed by atoms with Crippen molar-refractivity contribution in [1.82, 2.24) is 0 Å². The van der Waals surface area contributed by atoms with Gasteiger partial charge in [-0.2, -0.15) is 0 Å². The predicted molar refractivity (Wildman–Crippen MR) is 51.3 cm³/mol. The van der Waals surface area contributed by atoms with Crippen LogP contribution >= 0.6 is 34.8 Å². The highest BCUT2D eigenvalue weighted by Gasteiger charge is 2.06. The number of benzene rings is 1. The third kappa shape index (κ3) is 2.72. The van der Waals surface area contributed by atoms with Crippen LogP contribution in [0.1, 0.15) is 0 Å². The van der Waals surface area contributed by atoms with Gasteiger partial charge in [0.1, 0.15) is 10.8 Å². The van der Waals surface area contributed by atoms with Crippen molar-refractivity contribution in [2.45, 2.75) is 0 Å². The fourth-order valence-electron chi connectivity index (χ4n) is 0.516. The monoisotopic (exact) mass is 228 g/mol. The Morgan fingerprint density at radius 3 is 1.92 bits per heavy atom. The maximum Gasteiger partial charge on any atom is 0.135 e. The summed E-state index contributed by atoms with van der Waals surface area (Å²) in [6, 6.07) is 2.86. The smallest absolute Gasteiger partial charge is 0.135 e. The van der Waals surface area contributed by atoms with Crippen molar-refractivity contribution in [3.63, 3.8) is 0 Å². The normalized spacial score (nSPS) is 8.75. The fourth-order valence-corrected chi connectivity index (χ4v) is 1.05. The molecule has 68 valence electrons. The Labute approximate surface area is 85.3 Å². The van der Waals surface area contributed by atoms with Gasteiger partial charge in [-0.1, -0.05) is 34.8 Å². The van der Waals surface area contributed by atoms with E-state index in [0.29, 0.717) is 5.02 Å². The molecule has 5 heteroatoms. The lowest BCUT2D eigenvalue weighted by molar-refractivity contribution is 0.399. The van der Waals surface area contributed by atoms with Crippen molar-refractivity contribution < 1.29 is 10.2 Å². The molecule has 0 aliphatic carbocycles. The summed E-state index contributed by atoms with van der Waals surface area (Å²) in [5.41, 5.74) is 0. The number of hydrogen-bond donors (Lipinski definition) is 2. The molecule has 2 N–H and O–H groups in total. The Bertz CT molecular complexity index is 236.